The lowest BCUT2D eigenvalue weighted by Crippen LogP contribution is -2.32. The zero-order chi connectivity index (χ0) is 16.4. The number of alkyl halides is 3. The van der Waals surface area contributed by atoms with Crippen molar-refractivity contribution in [1.29, 1.82) is 0 Å². The molecule has 1 aromatic carbocycles. The lowest BCUT2D eigenvalue weighted by atomic mass is 10.1. The van der Waals surface area contributed by atoms with Gasteiger partial charge in [0.05, 0.1) is 4.92 Å². The Labute approximate surface area is 117 Å². The van der Waals surface area contributed by atoms with Gasteiger partial charge in [-0.05, 0) is 18.1 Å². The van der Waals surface area contributed by atoms with Gasteiger partial charge in [-0.3, -0.25) is 14.9 Å². The number of hydrogen-bond donors (Lipinski definition) is 2. The first-order chi connectivity index (χ1) is 9.54. The molecule has 0 aliphatic rings. The number of carbonyl (C=O) groups excluding carboxylic acids is 1. The second kappa shape index (κ2) is 6.08. The molecule has 0 spiro atoms. The summed E-state index contributed by atoms with van der Waals surface area (Å²) in [6, 6.07) is 2.08. The molecule has 1 atom stereocenters. The van der Waals surface area contributed by atoms with Gasteiger partial charge in [0.1, 0.15) is 11.7 Å². The summed E-state index contributed by atoms with van der Waals surface area (Å²) in [4.78, 5) is 21.0. The summed E-state index contributed by atoms with van der Waals surface area (Å²) in [6.07, 6.45) is -6.32. The largest absolute Gasteiger partial charge is 0.423 e. The maximum atomic E-state index is 12.7. The average molecular weight is 306 g/mol. The first-order valence-corrected chi connectivity index (χ1v) is 5.88. The highest BCUT2D eigenvalue weighted by Gasteiger charge is 2.38. The van der Waals surface area contributed by atoms with Gasteiger partial charge in [0.2, 0.25) is 0 Å². The Kier molecular flexibility index (Phi) is 4.89. The van der Waals surface area contributed by atoms with Crippen molar-refractivity contribution in [2.45, 2.75) is 26.1 Å². The molecule has 0 bridgehead atoms. The number of nitro benzene ring substituents is 1. The van der Waals surface area contributed by atoms with Crippen LogP contribution in [0, 0.1) is 16.0 Å². The van der Waals surface area contributed by atoms with Gasteiger partial charge in [-0.25, -0.2) is 0 Å². The number of carbonyl (C=O) groups is 1. The van der Waals surface area contributed by atoms with Crippen molar-refractivity contribution in [3.63, 3.8) is 0 Å². The van der Waals surface area contributed by atoms with Gasteiger partial charge in [-0.2, -0.15) is 13.2 Å². The number of nitrogens with zero attached hydrogens (tertiary/aromatic N) is 1. The fourth-order valence-electron chi connectivity index (χ4n) is 1.52. The van der Waals surface area contributed by atoms with Crippen LogP contribution in [0.4, 0.5) is 24.5 Å². The minimum absolute atomic E-state index is 0.280. The van der Waals surface area contributed by atoms with E-state index in [-0.39, 0.29) is 5.69 Å². The van der Waals surface area contributed by atoms with Crippen LogP contribution in [0.5, 0.6) is 0 Å². The van der Waals surface area contributed by atoms with Gasteiger partial charge < -0.3 is 10.4 Å². The van der Waals surface area contributed by atoms with Crippen LogP contribution in [0.2, 0.25) is 0 Å². The fourth-order valence-corrected chi connectivity index (χ4v) is 1.52. The Morgan fingerprint density at radius 3 is 2.38 bits per heavy atom. The molecule has 0 radical (unpaired) electrons. The van der Waals surface area contributed by atoms with E-state index in [2.05, 4.69) is 5.32 Å². The number of amides is 1. The zero-order valence-corrected chi connectivity index (χ0v) is 11.1. The number of nitro groups is 1. The third kappa shape index (κ3) is 4.15. The topological polar surface area (TPSA) is 92.5 Å². The van der Waals surface area contributed by atoms with E-state index in [1.165, 1.54) is 0 Å². The number of aliphatic hydroxyl groups excluding tert-OH is 1. The van der Waals surface area contributed by atoms with Crippen molar-refractivity contribution >= 4 is 17.3 Å². The molecule has 0 fully saturated rings. The highest BCUT2D eigenvalue weighted by molar-refractivity contribution is 5.94. The zero-order valence-electron chi connectivity index (χ0n) is 11.1. The van der Waals surface area contributed by atoms with Crippen LogP contribution >= 0.6 is 0 Å². The second-order valence-electron chi connectivity index (χ2n) is 4.66. The van der Waals surface area contributed by atoms with Gasteiger partial charge in [-0.15, -0.1) is 0 Å². The van der Waals surface area contributed by atoms with Crippen LogP contribution in [-0.2, 0) is 11.0 Å². The lowest BCUT2D eigenvalue weighted by Gasteiger charge is -2.15. The van der Waals surface area contributed by atoms with Crippen molar-refractivity contribution in [3.8, 4) is 0 Å². The Bertz CT molecular complexity index is 558. The molecular formula is C12H13F3N2O4. The summed E-state index contributed by atoms with van der Waals surface area (Å²) in [5.74, 6) is -1.31. The molecular weight excluding hydrogens is 293 g/mol. The van der Waals surface area contributed by atoms with Crippen molar-refractivity contribution in [1.82, 2.24) is 0 Å². The molecule has 0 aliphatic heterocycles. The normalized spacial score (nSPS) is 13.1. The van der Waals surface area contributed by atoms with E-state index in [0.717, 1.165) is 6.07 Å². The van der Waals surface area contributed by atoms with Crippen LogP contribution in [0.15, 0.2) is 18.2 Å². The summed E-state index contributed by atoms with van der Waals surface area (Å²) in [5.41, 5.74) is -2.85. The minimum Gasteiger partial charge on any atom is -0.383 e. The quantitative estimate of drug-likeness (QED) is 0.660. The molecule has 116 valence electrons. The molecule has 1 unspecified atom stereocenters. The molecule has 0 saturated heterocycles. The molecule has 0 heterocycles. The van der Waals surface area contributed by atoms with E-state index < -0.39 is 40.3 Å². The Balaban J connectivity index is 3.12. The molecule has 6 nitrogen and oxygen atoms in total. The number of rotatable bonds is 4. The SMILES string of the molecule is CC(C)C(O)C(=O)Nc1ccc([N+](=O)[O-])c(C(F)(F)F)c1. The number of halogens is 3. The monoisotopic (exact) mass is 306 g/mol. The van der Waals surface area contributed by atoms with Crippen molar-refractivity contribution < 1.29 is 28.0 Å². The molecule has 1 aromatic rings. The van der Waals surface area contributed by atoms with Crippen LogP contribution < -0.4 is 5.32 Å². The van der Waals surface area contributed by atoms with E-state index in [1.807, 2.05) is 0 Å². The van der Waals surface area contributed by atoms with E-state index >= 15 is 0 Å². The first kappa shape index (κ1) is 16.9. The summed E-state index contributed by atoms with van der Waals surface area (Å²) in [6.45, 7) is 3.11. The molecule has 2 N–H and O–H groups in total. The maximum Gasteiger partial charge on any atom is 0.423 e. The predicted octanol–water partition coefficient (Wildman–Crippen LogP) is 2.57. The van der Waals surface area contributed by atoms with E-state index in [4.69, 9.17) is 0 Å². The van der Waals surface area contributed by atoms with Crippen molar-refractivity contribution in [2.75, 3.05) is 5.32 Å². The van der Waals surface area contributed by atoms with Gasteiger partial charge in [0.25, 0.3) is 11.6 Å². The van der Waals surface area contributed by atoms with Crippen molar-refractivity contribution in [2.24, 2.45) is 5.92 Å². The third-order valence-corrected chi connectivity index (χ3v) is 2.67. The van der Waals surface area contributed by atoms with E-state index in [9.17, 15) is 33.2 Å². The third-order valence-electron chi connectivity index (χ3n) is 2.67. The Morgan fingerprint density at radius 1 is 1.38 bits per heavy atom. The van der Waals surface area contributed by atoms with Crippen LogP contribution in [-0.4, -0.2) is 22.0 Å². The molecule has 21 heavy (non-hydrogen) atoms. The van der Waals surface area contributed by atoms with Crippen LogP contribution in [0.1, 0.15) is 19.4 Å². The maximum absolute atomic E-state index is 12.7. The van der Waals surface area contributed by atoms with Gasteiger partial charge >= 0.3 is 6.18 Å². The number of nitrogens with one attached hydrogen (secondary N) is 1. The average Bonchev–Trinajstić information content (AvgIpc) is 2.36. The smallest absolute Gasteiger partial charge is 0.383 e. The fraction of sp³-hybridized carbons (Fsp3) is 0.417. The number of hydrogen-bond acceptors (Lipinski definition) is 4. The van der Waals surface area contributed by atoms with Crippen LogP contribution in [0.3, 0.4) is 0 Å². The van der Waals surface area contributed by atoms with E-state index in [1.54, 1.807) is 13.8 Å². The van der Waals surface area contributed by atoms with Crippen molar-refractivity contribution in [3.05, 3.63) is 33.9 Å². The molecule has 0 aromatic heterocycles. The summed E-state index contributed by atoms with van der Waals surface area (Å²) >= 11 is 0. The Hall–Kier alpha value is -2.16. The minimum atomic E-state index is -4.93. The first-order valence-electron chi connectivity index (χ1n) is 5.88. The molecule has 0 saturated carbocycles. The standard InChI is InChI=1S/C12H13F3N2O4/c1-6(2)10(18)11(19)16-7-3-4-9(17(20)21)8(5-7)12(13,14)15/h3-6,10,18H,1-2H3,(H,16,19). The lowest BCUT2D eigenvalue weighted by molar-refractivity contribution is -0.388. The van der Waals surface area contributed by atoms with Gasteiger partial charge in [-0.1, -0.05) is 13.8 Å². The highest BCUT2D eigenvalue weighted by atomic mass is 19.4. The van der Waals surface area contributed by atoms with E-state index in [0.29, 0.717) is 12.1 Å². The summed E-state index contributed by atoms with van der Waals surface area (Å²) in [7, 11) is 0. The molecule has 9 heteroatoms. The predicted molar refractivity (Wildman–Crippen MR) is 67.6 cm³/mol. The van der Waals surface area contributed by atoms with Gasteiger partial charge in [0, 0.05) is 11.8 Å². The van der Waals surface area contributed by atoms with Gasteiger partial charge in [0.15, 0.2) is 0 Å². The number of aliphatic hydroxyl groups is 1. The molecule has 1 amide bonds. The summed E-state index contributed by atoms with van der Waals surface area (Å²) < 4.78 is 38.2. The Morgan fingerprint density at radius 2 is 1.95 bits per heavy atom. The highest BCUT2D eigenvalue weighted by Crippen LogP contribution is 2.37. The van der Waals surface area contributed by atoms with Crippen LogP contribution in [0.25, 0.3) is 0 Å². The number of anilines is 1. The summed E-state index contributed by atoms with van der Waals surface area (Å²) in [5, 5.41) is 22.2. The molecule has 0 aliphatic carbocycles. The molecule has 1 rings (SSSR count). The second-order valence-corrected chi connectivity index (χ2v) is 4.66. The number of benzene rings is 1.